The largest absolute Gasteiger partial charge is 0.415 e. The fraction of sp³-hybridized carbons (Fsp3) is 0.208. The first-order chi connectivity index (χ1) is 15.7. The molecule has 8 nitrogen and oxygen atoms in total. The van der Waals surface area contributed by atoms with Crippen LogP contribution in [0.25, 0.3) is 34.3 Å². The number of ether oxygens (including phenoxy) is 1. The number of carbonyl (C=O) groups excluding carboxylic acids is 1. The molecule has 0 N–H and O–H groups in total. The van der Waals surface area contributed by atoms with Gasteiger partial charge in [0.15, 0.2) is 0 Å². The molecule has 3 heterocycles. The molecule has 1 saturated heterocycles. The lowest BCUT2D eigenvalue weighted by Gasteiger charge is -2.26. The van der Waals surface area contributed by atoms with Gasteiger partial charge in [-0.2, -0.15) is 0 Å². The molecular formula is C24H23N5O3. The van der Waals surface area contributed by atoms with E-state index in [1.165, 1.54) is 0 Å². The Bertz CT molecular complexity index is 1240. The summed E-state index contributed by atoms with van der Waals surface area (Å²) in [7, 11) is 0. The molecule has 0 unspecified atom stereocenters. The zero-order valence-electron chi connectivity index (χ0n) is 17.6. The first kappa shape index (κ1) is 20.0. The number of aromatic nitrogens is 4. The predicted molar refractivity (Wildman–Crippen MR) is 120 cm³/mol. The second kappa shape index (κ2) is 8.68. The molecule has 0 bridgehead atoms. The summed E-state index contributed by atoms with van der Waals surface area (Å²) < 4.78 is 11.2. The Labute approximate surface area is 186 Å². The van der Waals surface area contributed by atoms with E-state index in [2.05, 4.69) is 15.2 Å². The van der Waals surface area contributed by atoms with Crippen molar-refractivity contribution in [1.82, 2.24) is 25.1 Å². The maximum Gasteiger partial charge on any atom is 0.268 e. The fourth-order valence-corrected chi connectivity index (χ4v) is 3.54. The van der Waals surface area contributed by atoms with Crippen LogP contribution in [0.2, 0.25) is 0 Å². The lowest BCUT2D eigenvalue weighted by Crippen LogP contribution is -2.40. The molecule has 0 saturated carbocycles. The van der Waals surface area contributed by atoms with Crippen LogP contribution in [0.5, 0.6) is 0 Å². The molecule has 0 atom stereocenters. The zero-order chi connectivity index (χ0) is 21.9. The Morgan fingerprint density at radius 2 is 1.66 bits per heavy atom. The Hall–Kier alpha value is -3.91. The summed E-state index contributed by atoms with van der Waals surface area (Å²) in [6.45, 7) is 4.23. The Balaban J connectivity index is 0.00000259. The highest BCUT2D eigenvalue weighted by atomic mass is 16.5. The van der Waals surface area contributed by atoms with Gasteiger partial charge in [0.1, 0.15) is 5.69 Å². The standard InChI is InChI=1S/C24H21N5O3.H2/c1-16-21(23-28-27-22(32-23)18-5-3-2-4-6-18)26-20(15-25-16)17-7-9-19(10-8-17)24(30)29-11-13-31-14-12-29;/h2-10,15H,11-14H2,1H3;1H. The van der Waals surface area contributed by atoms with E-state index >= 15 is 0 Å². The average molecular weight is 429 g/mol. The van der Waals surface area contributed by atoms with E-state index in [1.807, 2.05) is 66.4 Å². The van der Waals surface area contributed by atoms with Crippen LogP contribution in [0.4, 0.5) is 0 Å². The SMILES string of the molecule is Cc1ncc(-c2ccc(C(=O)N3CCOCC3)cc2)nc1-c1nnc(-c2ccccc2)o1.[HH]. The van der Waals surface area contributed by atoms with Gasteiger partial charge in [-0.1, -0.05) is 30.3 Å². The first-order valence-corrected chi connectivity index (χ1v) is 10.4. The number of nitrogens with zero attached hydrogens (tertiary/aromatic N) is 5. The predicted octanol–water partition coefficient (Wildman–Crippen LogP) is 3.89. The molecule has 32 heavy (non-hydrogen) atoms. The minimum atomic E-state index is 0. The zero-order valence-corrected chi connectivity index (χ0v) is 17.6. The first-order valence-electron chi connectivity index (χ1n) is 10.4. The molecule has 2 aromatic carbocycles. The fourth-order valence-electron chi connectivity index (χ4n) is 3.54. The summed E-state index contributed by atoms with van der Waals surface area (Å²) in [5.74, 6) is 0.753. The molecule has 1 fully saturated rings. The maximum atomic E-state index is 12.7. The van der Waals surface area contributed by atoms with E-state index < -0.39 is 0 Å². The van der Waals surface area contributed by atoms with Crippen LogP contribution in [-0.4, -0.2) is 57.3 Å². The van der Waals surface area contributed by atoms with Gasteiger partial charge in [0.25, 0.3) is 11.8 Å². The smallest absolute Gasteiger partial charge is 0.268 e. The van der Waals surface area contributed by atoms with Gasteiger partial charge in [0, 0.05) is 31.2 Å². The Morgan fingerprint density at radius 1 is 0.938 bits per heavy atom. The molecule has 0 aliphatic carbocycles. The van der Waals surface area contributed by atoms with E-state index in [-0.39, 0.29) is 7.33 Å². The maximum absolute atomic E-state index is 12.7. The molecular weight excluding hydrogens is 406 g/mol. The van der Waals surface area contributed by atoms with Crippen LogP contribution in [0.3, 0.4) is 0 Å². The highest BCUT2D eigenvalue weighted by Gasteiger charge is 2.19. The number of rotatable bonds is 4. The van der Waals surface area contributed by atoms with E-state index in [0.717, 1.165) is 11.1 Å². The molecule has 162 valence electrons. The number of carbonyl (C=O) groups is 1. The summed E-state index contributed by atoms with van der Waals surface area (Å²) >= 11 is 0. The van der Waals surface area contributed by atoms with Crippen molar-refractivity contribution in [2.24, 2.45) is 0 Å². The molecule has 1 aliphatic rings. The molecule has 0 spiro atoms. The highest BCUT2D eigenvalue weighted by Crippen LogP contribution is 2.26. The highest BCUT2D eigenvalue weighted by molar-refractivity contribution is 5.94. The van der Waals surface area contributed by atoms with E-state index in [0.29, 0.717) is 60.7 Å². The normalized spacial score (nSPS) is 13.8. The summed E-state index contributed by atoms with van der Waals surface area (Å²) in [6.07, 6.45) is 1.70. The monoisotopic (exact) mass is 429 g/mol. The summed E-state index contributed by atoms with van der Waals surface area (Å²) in [4.78, 5) is 23.7. The Morgan fingerprint density at radius 3 is 2.41 bits per heavy atom. The number of benzene rings is 2. The van der Waals surface area contributed by atoms with Crippen molar-refractivity contribution in [1.29, 1.82) is 0 Å². The second-order valence-corrected chi connectivity index (χ2v) is 7.45. The van der Waals surface area contributed by atoms with Crippen LogP contribution in [0.1, 0.15) is 17.5 Å². The minimum absolute atomic E-state index is 0. The lowest BCUT2D eigenvalue weighted by atomic mass is 10.1. The lowest BCUT2D eigenvalue weighted by molar-refractivity contribution is 0.0303. The van der Waals surface area contributed by atoms with Crippen molar-refractivity contribution in [2.45, 2.75) is 6.92 Å². The van der Waals surface area contributed by atoms with Gasteiger partial charge in [-0.15, -0.1) is 10.2 Å². The Kier molecular flexibility index (Phi) is 5.43. The molecule has 1 amide bonds. The molecule has 8 heteroatoms. The van der Waals surface area contributed by atoms with Crippen LogP contribution in [-0.2, 0) is 4.74 Å². The van der Waals surface area contributed by atoms with E-state index in [1.54, 1.807) is 6.20 Å². The number of hydrogen-bond donors (Lipinski definition) is 0. The van der Waals surface area contributed by atoms with Crippen molar-refractivity contribution in [3.05, 3.63) is 72.1 Å². The van der Waals surface area contributed by atoms with Gasteiger partial charge in [0.2, 0.25) is 5.89 Å². The third kappa shape index (κ3) is 4.00. The van der Waals surface area contributed by atoms with Gasteiger partial charge in [-0.25, -0.2) is 4.98 Å². The summed E-state index contributed by atoms with van der Waals surface area (Å²) in [5.41, 5.74) is 4.21. The van der Waals surface area contributed by atoms with Gasteiger partial charge < -0.3 is 14.1 Å². The van der Waals surface area contributed by atoms with Crippen LogP contribution >= 0.6 is 0 Å². The molecule has 5 rings (SSSR count). The average Bonchev–Trinajstić information content (AvgIpc) is 3.35. The van der Waals surface area contributed by atoms with Crippen LogP contribution < -0.4 is 0 Å². The molecule has 2 aromatic heterocycles. The summed E-state index contributed by atoms with van der Waals surface area (Å²) in [5, 5.41) is 8.31. The minimum Gasteiger partial charge on any atom is -0.415 e. The molecule has 1 aliphatic heterocycles. The third-order valence-electron chi connectivity index (χ3n) is 5.33. The van der Waals surface area contributed by atoms with E-state index in [9.17, 15) is 4.79 Å². The van der Waals surface area contributed by atoms with E-state index in [4.69, 9.17) is 14.1 Å². The van der Waals surface area contributed by atoms with Crippen molar-refractivity contribution in [2.75, 3.05) is 26.3 Å². The number of morpholine rings is 1. The topological polar surface area (TPSA) is 94.2 Å². The molecule has 0 radical (unpaired) electrons. The van der Waals surface area contributed by atoms with Gasteiger partial charge in [0.05, 0.1) is 30.8 Å². The number of aryl methyl sites for hydroxylation is 1. The van der Waals surface area contributed by atoms with Gasteiger partial charge in [-0.3, -0.25) is 9.78 Å². The van der Waals surface area contributed by atoms with Crippen LogP contribution in [0, 0.1) is 6.92 Å². The number of amides is 1. The van der Waals surface area contributed by atoms with Crippen molar-refractivity contribution >= 4 is 5.91 Å². The van der Waals surface area contributed by atoms with Gasteiger partial charge in [-0.05, 0) is 31.2 Å². The van der Waals surface area contributed by atoms with Gasteiger partial charge >= 0.3 is 0 Å². The summed E-state index contributed by atoms with van der Waals surface area (Å²) in [6, 6.07) is 17.0. The van der Waals surface area contributed by atoms with Crippen LogP contribution in [0.15, 0.2) is 65.2 Å². The van der Waals surface area contributed by atoms with Crippen molar-refractivity contribution < 1.29 is 15.4 Å². The quantitative estimate of drug-likeness (QED) is 0.486. The third-order valence-corrected chi connectivity index (χ3v) is 5.33. The van der Waals surface area contributed by atoms with Crippen molar-refractivity contribution in [3.63, 3.8) is 0 Å². The van der Waals surface area contributed by atoms with Crippen molar-refractivity contribution in [3.8, 4) is 34.3 Å². The second-order valence-electron chi connectivity index (χ2n) is 7.45. The number of hydrogen-bond acceptors (Lipinski definition) is 7. The molecule has 4 aromatic rings.